The normalized spacial score (nSPS) is 14.5. The largest absolute Gasteiger partial charge is 0.333 e. The van der Waals surface area contributed by atoms with Crippen molar-refractivity contribution >= 4 is 50.2 Å². The van der Waals surface area contributed by atoms with Gasteiger partial charge in [-0.3, -0.25) is 4.79 Å². The molecule has 0 aliphatic carbocycles. The van der Waals surface area contributed by atoms with Gasteiger partial charge in [-0.1, -0.05) is 35.9 Å². The number of fused-ring (bicyclic) bond motifs is 1. The van der Waals surface area contributed by atoms with Gasteiger partial charge in [-0.15, -0.1) is 22.7 Å². The predicted molar refractivity (Wildman–Crippen MR) is 122 cm³/mol. The number of hydrogen-bond acceptors (Lipinski definition) is 5. The third kappa shape index (κ3) is 4.20. The van der Waals surface area contributed by atoms with Gasteiger partial charge in [-0.2, -0.15) is 4.31 Å². The summed E-state index contributed by atoms with van der Waals surface area (Å²) in [4.78, 5) is 16.2. The summed E-state index contributed by atoms with van der Waals surface area (Å²) >= 11 is 8.60. The summed E-state index contributed by atoms with van der Waals surface area (Å²) in [6, 6.07) is 13.1. The number of carbonyl (C=O) groups is 1. The second kappa shape index (κ2) is 8.80. The highest BCUT2D eigenvalue weighted by atomic mass is 35.5. The predicted octanol–water partition coefficient (Wildman–Crippen LogP) is 4.87. The Morgan fingerprint density at radius 1 is 1.17 bits per heavy atom. The first-order valence-corrected chi connectivity index (χ1v) is 13.1. The summed E-state index contributed by atoms with van der Waals surface area (Å²) in [6.07, 6.45) is 0.670. The molecule has 0 fully saturated rings. The van der Waals surface area contributed by atoms with Crippen molar-refractivity contribution in [2.45, 2.75) is 31.3 Å². The van der Waals surface area contributed by atoms with Crippen molar-refractivity contribution < 1.29 is 13.2 Å². The number of thiophene rings is 2. The molecule has 2 aromatic heterocycles. The van der Waals surface area contributed by atoms with Crippen molar-refractivity contribution in [1.82, 2.24) is 9.21 Å². The van der Waals surface area contributed by atoms with E-state index in [0.29, 0.717) is 36.9 Å². The van der Waals surface area contributed by atoms with E-state index in [9.17, 15) is 13.2 Å². The van der Waals surface area contributed by atoms with Gasteiger partial charge in [0.05, 0.1) is 10.9 Å². The van der Waals surface area contributed by atoms with Gasteiger partial charge in [-0.25, -0.2) is 8.42 Å². The minimum absolute atomic E-state index is 0.0968. The second-order valence-corrected chi connectivity index (χ2v) is 11.6. The van der Waals surface area contributed by atoms with Crippen LogP contribution in [0.15, 0.2) is 52.7 Å². The summed E-state index contributed by atoms with van der Waals surface area (Å²) < 4.78 is 28.9. The number of hydrogen-bond donors (Lipinski definition) is 0. The molecule has 3 aromatic rings. The molecule has 0 unspecified atom stereocenters. The fraction of sp³-hybridized carbons (Fsp3) is 0.286. The van der Waals surface area contributed by atoms with Crippen molar-refractivity contribution in [1.29, 1.82) is 0 Å². The van der Waals surface area contributed by atoms with Crippen LogP contribution in [0.5, 0.6) is 0 Å². The van der Waals surface area contributed by atoms with Gasteiger partial charge in [0, 0.05) is 24.5 Å². The van der Waals surface area contributed by atoms with Crippen LogP contribution in [0.2, 0.25) is 4.34 Å². The summed E-state index contributed by atoms with van der Waals surface area (Å²) in [7, 11) is -3.77. The van der Waals surface area contributed by atoms with Crippen molar-refractivity contribution in [2.75, 3.05) is 13.1 Å². The highest BCUT2D eigenvalue weighted by molar-refractivity contribution is 7.89. The topological polar surface area (TPSA) is 57.7 Å². The Balaban J connectivity index is 1.59. The van der Waals surface area contributed by atoms with E-state index in [1.165, 1.54) is 32.5 Å². The molecule has 158 valence electrons. The van der Waals surface area contributed by atoms with Crippen LogP contribution in [0.3, 0.4) is 0 Å². The van der Waals surface area contributed by atoms with E-state index in [1.807, 2.05) is 37.3 Å². The van der Waals surface area contributed by atoms with Gasteiger partial charge >= 0.3 is 0 Å². The van der Waals surface area contributed by atoms with Crippen molar-refractivity contribution in [3.8, 4) is 0 Å². The lowest BCUT2D eigenvalue weighted by Crippen LogP contribution is -2.37. The smallest absolute Gasteiger partial charge is 0.265 e. The van der Waals surface area contributed by atoms with Crippen LogP contribution >= 0.6 is 34.3 Å². The van der Waals surface area contributed by atoms with Gasteiger partial charge in [0.15, 0.2) is 0 Å². The molecule has 0 saturated heterocycles. The molecule has 1 amide bonds. The van der Waals surface area contributed by atoms with Crippen molar-refractivity contribution in [3.63, 3.8) is 0 Å². The average molecular weight is 481 g/mol. The SMILES string of the molecule is CCN(Cc1ccc(Cl)s1)C(=O)c1sccc1S(=O)(=O)N1CCc2ccccc2C1. The molecule has 0 N–H and O–H groups in total. The van der Waals surface area contributed by atoms with E-state index in [4.69, 9.17) is 11.6 Å². The molecule has 9 heteroatoms. The van der Waals surface area contributed by atoms with E-state index < -0.39 is 10.0 Å². The molecule has 1 aromatic carbocycles. The number of rotatable bonds is 6. The molecule has 0 atom stereocenters. The van der Waals surface area contributed by atoms with E-state index in [1.54, 1.807) is 22.4 Å². The van der Waals surface area contributed by atoms with Gasteiger partial charge in [0.25, 0.3) is 5.91 Å². The maximum absolute atomic E-state index is 13.4. The summed E-state index contributed by atoms with van der Waals surface area (Å²) in [5.41, 5.74) is 2.19. The maximum atomic E-state index is 13.4. The molecular formula is C21H21ClN2O3S3. The quantitative estimate of drug-likeness (QED) is 0.505. The van der Waals surface area contributed by atoms with Gasteiger partial charge in [-0.05, 0) is 48.1 Å². The molecule has 5 nitrogen and oxygen atoms in total. The standard InChI is InChI=1S/C21H21ClN2O3S3/c1-2-23(14-17-7-8-19(22)29-17)21(25)20-18(10-12-28-20)30(26,27)24-11-9-15-5-3-4-6-16(15)13-24/h3-8,10,12H,2,9,11,13-14H2,1H3. The molecule has 1 aliphatic heterocycles. The first-order valence-electron chi connectivity index (χ1n) is 9.58. The molecular weight excluding hydrogens is 460 g/mol. The van der Waals surface area contributed by atoms with Gasteiger partial charge in [0.1, 0.15) is 9.77 Å². The summed E-state index contributed by atoms with van der Waals surface area (Å²) in [6.45, 7) is 3.50. The van der Waals surface area contributed by atoms with Crippen molar-refractivity contribution in [2.24, 2.45) is 0 Å². The van der Waals surface area contributed by atoms with Crippen LogP contribution in [-0.4, -0.2) is 36.6 Å². The van der Waals surface area contributed by atoms with Crippen LogP contribution in [0.25, 0.3) is 0 Å². The van der Waals surface area contributed by atoms with E-state index >= 15 is 0 Å². The maximum Gasteiger partial charge on any atom is 0.265 e. The number of sulfonamides is 1. The number of benzene rings is 1. The molecule has 3 heterocycles. The van der Waals surface area contributed by atoms with Crippen LogP contribution in [-0.2, 0) is 29.5 Å². The first-order chi connectivity index (χ1) is 14.4. The Bertz CT molecular complexity index is 1170. The molecule has 0 bridgehead atoms. The Kier molecular flexibility index (Phi) is 6.31. The van der Waals surface area contributed by atoms with Crippen molar-refractivity contribution in [3.05, 3.63) is 73.1 Å². The molecule has 30 heavy (non-hydrogen) atoms. The number of carbonyl (C=O) groups excluding carboxylic acids is 1. The zero-order chi connectivity index (χ0) is 21.3. The monoisotopic (exact) mass is 480 g/mol. The minimum atomic E-state index is -3.77. The molecule has 0 spiro atoms. The van der Waals surface area contributed by atoms with Crippen LogP contribution < -0.4 is 0 Å². The Morgan fingerprint density at radius 2 is 1.93 bits per heavy atom. The van der Waals surface area contributed by atoms with Crippen LogP contribution in [0, 0.1) is 0 Å². The lowest BCUT2D eigenvalue weighted by Gasteiger charge is -2.28. The van der Waals surface area contributed by atoms with Crippen LogP contribution in [0.4, 0.5) is 0 Å². The number of nitrogens with zero attached hydrogens (tertiary/aromatic N) is 2. The second-order valence-electron chi connectivity index (χ2n) is 7.00. The van der Waals surface area contributed by atoms with Gasteiger partial charge in [0.2, 0.25) is 10.0 Å². The molecule has 0 radical (unpaired) electrons. The summed E-state index contributed by atoms with van der Waals surface area (Å²) in [5.74, 6) is -0.270. The molecule has 0 saturated carbocycles. The first kappa shape index (κ1) is 21.5. The highest BCUT2D eigenvalue weighted by Crippen LogP contribution is 2.31. The fourth-order valence-corrected chi connectivity index (χ4v) is 7.45. The average Bonchev–Trinajstić information content (AvgIpc) is 3.40. The Hall–Kier alpha value is -1.71. The minimum Gasteiger partial charge on any atom is -0.333 e. The van der Waals surface area contributed by atoms with Crippen LogP contribution in [0.1, 0.15) is 32.6 Å². The zero-order valence-corrected chi connectivity index (χ0v) is 19.6. The molecule has 1 aliphatic rings. The van der Waals surface area contributed by atoms with E-state index in [0.717, 1.165) is 10.4 Å². The molecule has 4 rings (SSSR count). The number of halogens is 1. The van der Waals surface area contributed by atoms with E-state index in [2.05, 4.69) is 0 Å². The highest BCUT2D eigenvalue weighted by Gasteiger charge is 2.33. The number of amides is 1. The lowest BCUT2D eigenvalue weighted by molar-refractivity contribution is 0.0755. The summed E-state index contributed by atoms with van der Waals surface area (Å²) in [5, 5.41) is 1.67. The third-order valence-corrected chi connectivity index (χ3v) is 9.32. The van der Waals surface area contributed by atoms with Gasteiger partial charge < -0.3 is 4.90 Å². The Labute approximate surface area is 189 Å². The lowest BCUT2D eigenvalue weighted by atomic mass is 10.0. The fourth-order valence-electron chi connectivity index (χ4n) is 3.57. The third-order valence-electron chi connectivity index (χ3n) is 5.18. The zero-order valence-electron chi connectivity index (χ0n) is 16.4. The van der Waals surface area contributed by atoms with E-state index in [-0.39, 0.29) is 15.7 Å². The Morgan fingerprint density at radius 3 is 2.63 bits per heavy atom.